The molecule has 0 saturated carbocycles. The van der Waals surface area contributed by atoms with Crippen molar-refractivity contribution >= 4 is 22.6 Å². The lowest BCUT2D eigenvalue weighted by Gasteiger charge is -2.30. The van der Waals surface area contributed by atoms with Crippen LogP contribution in [0.25, 0.3) is 16.5 Å². The van der Waals surface area contributed by atoms with Crippen molar-refractivity contribution in [3.8, 4) is 11.4 Å². The van der Waals surface area contributed by atoms with Gasteiger partial charge in [-0.05, 0) is 42.3 Å². The van der Waals surface area contributed by atoms with Gasteiger partial charge in [-0.2, -0.15) is 18.3 Å². The van der Waals surface area contributed by atoms with Crippen molar-refractivity contribution in [2.24, 2.45) is 0 Å². The Hall–Kier alpha value is -4.34. The van der Waals surface area contributed by atoms with E-state index in [-0.39, 0.29) is 24.7 Å². The number of methoxy groups -OCH3 is 1. The molecule has 37 heavy (non-hydrogen) atoms. The maximum Gasteiger partial charge on any atom is 0.434 e. The molecule has 0 bridgehead atoms. The molecule has 0 unspecified atom stereocenters. The predicted molar refractivity (Wildman–Crippen MR) is 129 cm³/mol. The van der Waals surface area contributed by atoms with E-state index < -0.39 is 23.4 Å². The molecule has 7 nitrogen and oxygen atoms in total. The van der Waals surface area contributed by atoms with E-state index in [1.54, 1.807) is 24.1 Å². The molecule has 1 aliphatic rings. The van der Waals surface area contributed by atoms with E-state index in [9.17, 15) is 22.8 Å². The van der Waals surface area contributed by atoms with Crippen molar-refractivity contribution in [1.82, 2.24) is 14.7 Å². The van der Waals surface area contributed by atoms with Gasteiger partial charge < -0.3 is 14.4 Å². The van der Waals surface area contributed by atoms with Crippen LogP contribution in [0.4, 0.5) is 13.2 Å². The first kappa shape index (κ1) is 24.4. The number of hydrogen-bond acceptors (Lipinski definition) is 5. The van der Waals surface area contributed by atoms with E-state index >= 15 is 0 Å². The average Bonchev–Trinajstić information content (AvgIpc) is 3.33. The molecule has 0 atom stereocenters. The van der Waals surface area contributed by atoms with Gasteiger partial charge in [-0.15, -0.1) is 0 Å². The summed E-state index contributed by atoms with van der Waals surface area (Å²) in [4.78, 5) is 27.3. The Morgan fingerprint density at radius 2 is 1.84 bits per heavy atom. The zero-order valence-corrected chi connectivity index (χ0v) is 20.0. The van der Waals surface area contributed by atoms with Crippen LogP contribution in [0.1, 0.15) is 44.5 Å². The molecule has 0 N–H and O–H groups in total. The number of amides is 1. The molecule has 1 aliphatic heterocycles. The first-order chi connectivity index (χ1) is 17.7. The molecule has 0 radical (unpaired) electrons. The number of esters is 1. The molecule has 190 valence electrons. The SMILES string of the molecule is CCOC(=O)c1cnn(-c2ccc3c4c(cccc24)CN(Cc2ccc(OC)cc2)C3=O)c1C(F)(F)F. The fraction of sp³-hybridized carbons (Fsp3) is 0.222. The van der Waals surface area contributed by atoms with Gasteiger partial charge in [0.05, 0.1) is 25.6 Å². The summed E-state index contributed by atoms with van der Waals surface area (Å²) in [5.41, 5.74) is 0.319. The lowest BCUT2D eigenvalue weighted by molar-refractivity contribution is -0.143. The Morgan fingerprint density at radius 3 is 2.51 bits per heavy atom. The van der Waals surface area contributed by atoms with E-state index in [2.05, 4.69) is 5.10 Å². The molecule has 0 spiro atoms. The summed E-state index contributed by atoms with van der Waals surface area (Å²) in [6.07, 6.45) is -4.01. The Labute approximate surface area is 210 Å². The second kappa shape index (κ2) is 9.27. The smallest absolute Gasteiger partial charge is 0.434 e. The van der Waals surface area contributed by atoms with Gasteiger partial charge in [-0.3, -0.25) is 4.79 Å². The Bertz CT molecular complexity index is 1510. The highest BCUT2D eigenvalue weighted by Gasteiger charge is 2.41. The minimum Gasteiger partial charge on any atom is -0.497 e. The van der Waals surface area contributed by atoms with Gasteiger partial charge in [-0.1, -0.05) is 30.3 Å². The molecule has 3 aromatic carbocycles. The Balaban J connectivity index is 1.58. The number of halogens is 3. The van der Waals surface area contributed by atoms with Crippen LogP contribution in [0.15, 0.2) is 60.8 Å². The van der Waals surface area contributed by atoms with Gasteiger partial charge in [0.1, 0.15) is 11.3 Å². The second-order valence-electron chi connectivity index (χ2n) is 8.52. The van der Waals surface area contributed by atoms with Crippen LogP contribution in [-0.4, -0.2) is 40.3 Å². The third-order valence-corrected chi connectivity index (χ3v) is 6.28. The summed E-state index contributed by atoms with van der Waals surface area (Å²) in [6, 6.07) is 15.6. The highest BCUT2D eigenvalue weighted by atomic mass is 19.4. The molecule has 1 amide bonds. The summed E-state index contributed by atoms with van der Waals surface area (Å²) in [7, 11) is 1.58. The van der Waals surface area contributed by atoms with E-state index in [4.69, 9.17) is 9.47 Å². The zero-order chi connectivity index (χ0) is 26.3. The summed E-state index contributed by atoms with van der Waals surface area (Å²) < 4.78 is 53.0. The number of hydrogen-bond donors (Lipinski definition) is 0. The van der Waals surface area contributed by atoms with Gasteiger partial charge in [0.25, 0.3) is 5.91 Å². The highest BCUT2D eigenvalue weighted by molar-refractivity contribution is 6.12. The zero-order valence-electron chi connectivity index (χ0n) is 20.0. The van der Waals surface area contributed by atoms with Crippen LogP contribution >= 0.6 is 0 Å². The van der Waals surface area contributed by atoms with Crippen molar-refractivity contribution in [3.05, 3.63) is 88.7 Å². The van der Waals surface area contributed by atoms with Gasteiger partial charge in [-0.25, -0.2) is 9.48 Å². The van der Waals surface area contributed by atoms with Crippen molar-refractivity contribution in [3.63, 3.8) is 0 Å². The quantitative estimate of drug-likeness (QED) is 0.326. The molecule has 5 rings (SSSR count). The molecular weight excluding hydrogens is 487 g/mol. The molecule has 1 aromatic heterocycles. The topological polar surface area (TPSA) is 73.7 Å². The van der Waals surface area contributed by atoms with Crippen LogP contribution in [0.2, 0.25) is 0 Å². The fourth-order valence-corrected chi connectivity index (χ4v) is 4.65. The van der Waals surface area contributed by atoms with Crippen LogP contribution < -0.4 is 4.74 Å². The minimum atomic E-state index is -4.87. The van der Waals surface area contributed by atoms with Crippen LogP contribution in [-0.2, 0) is 24.0 Å². The first-order valence-corrected chi connectivity index (χ1v) is 11.5. The van der Waals surface area contributed by atoms with Gasteiger partial charge in [0, 0.05) is 29.4 Å². The fourth-order valence-electron chi connectivity index (χ4n) is 4.65. The molecule has 0 saturated heterocycles. The number of carbonyl (C=O) groups is 2. The van der Waals surface area contributed by atoms with Gasteiger partial charge in [0.2, 0.25) is 0 Å². The summed E-state index contributed by atoms with van der Waals surface area (Å²) in [5, 5.41) is 4.90. The Morgan fingerprint density at radius 1 is 1.08 bits per heavy atom. The minimum absolute atomic E-state index is 0.0720. The maximum absolute atomic E-state index is 14.1. The van der Waals surface area contributed by atoms with Crippen LogP contribution in [0.3, 0.4) is 0 Å². The monoisotopic (exact) mass is 509 g/mol. The maximum atomic E-state index is 14.1. The van der Waals surface area contributed by atoms with Crippen molar-refractivity contribution < 1.29 is 32.2 Å². The Kier molecular flexibility index (Phi) is 6.10. The van der Waals surface area contributed by atoms with E-state index in [0.717, 1.165) is 17.3 Å². The number of benzene rings is 3. The molecule has 2 heterocycles. The first-order valence-electron chi connectivity index (χ1n) is 11.5. The third kappa shape index (κ3) is 4.28. The van der Waals surface area contributed by atoms with E-state index in [0.29, 0.717) is 33.3 Å². The lowest BCUT2D eigenvalue weighted by atomic mass is 9.93. The largest absolute Gasteiger partial charge is 0.497 e. The highest BCUT2D eigenvalue weighted by Crippen LogP contribution is 2.38. The number of alkyl halides is 3. The van der Waals surface area contributed by atoms with Crippen molar-refractivity contribution in [2.75, 3.05) is 13.7 Å². The number of rotatable bonds is 6. The van der Waals surface area contributed by atoms with E-state index in [1.165, 1.54) is 19.1 Å². The number of nitrogens with zero attached hydrogens (tertiary/aromatic N) is 3. The number of aromatic nitrogens is 2. The lowest BCUT2D eigenvalue weighted by Crippen LogP contribution is -2.33. The predicted octanol–water partition coefficient (Wildman–Crippen LogP) is 5.39. The van der Waals surface area contributed by atoms with Gasteiger partial charge in [0.15, 0.2) is 5.69 Å². The molecular formula is C27H22F3N3O4. The third-order valence-electron chi connectivity index (χ3n) is 6.28. The second-order valence-corrected chi connectivity index (χ2v) is 8.52. The van der Waals surface area contributed by atoms with Crippen LogP contribution in [0.5, 0.6) is 5.75 Å². The van der Waals surface area contributed by atoms with E-state index in [1.807, 2.05) is 30.3 Å². The van der Waals surface area contributed by atoms with Crippen molar-refractivity contribution in [1.29, 1.82) is 0 Å². The standard InChI is InChI=1S/C27H22F3N3O4/c1-3-37-26(35)21-13-31-33(24(21)27(28,29)30)22-12-11-20-23-17(5-4-6-19(22)23)15-32(25(20)34)14-16-7-9-18(36-2)10-8-16/h4-13H,3,14-15H2,1-2H3. The average molecular weight is 509 g/mol. The molecule has 0 aliphatic carbocycles. The molecule has 10 heteroatoms. The summed E-state index contributed by atoms with van der Waals surface area (Å²) in [6.45, 7) is 2.09. The normalized spacial score (nSPS) is 13.2. The molecule has 4 aromatic rings. The number of carbonyl (C=O) groups excluding carboxylic acids is 2. The van der Waals surface area contributed by atoms with Crippen molar-refractivity contribution in [2.45, 2.75) is 26.2 Å². The number of ether oxygens (including phenoxy) is 2. The summed E-state index contributed by atoms with van der Waals surface area (Å²) >= 11 is 0. The summed E-state index contributed by atoms with van der Waals surface area (Å²) in [5.74, 6) is -0.623. The van der Waals surface area contributed by atoms with Gasteiger partial charge >= 0.3 is 12.1 Å². The molecule has 0 fully saturated rings. The van der Waals surface area contributed by atoms with Crippen LogP contribution in [0, 0.1) is 0 Å².